The predicted molar refractivity (Wildman–Crippen MR) is 102 cm³/mol. The second-order valence-electron chi connectivity index (χ2n) is 6.72. The minimum absolute atomic E-state index is 1.08. The summed E-state index contributed by atoms with van der Waals surface area (Å²) < 4.78 is 14.1. The van der Waals surface area contributed by atoms with Crippen LogP contribution in [0.5, 0.6) is 0 Å². The third-order valence-corrected chi connectivity index (χ3v) is 14.1. The first-order valence-electron chi connectivity index (χ1n) is 8.83. The van der Waals surface area contributed by atoms with E-state index in [1.165, 1.54) is 37.6 Å². The Balaban J connectivity index is 4.79. The van der Waals surface area contributed by atoms with Crippen LogP contribution in [0, 0.1) is 0 Å². The average Bonchev–Trinajstić information content (AvgIpc) is 2.53. The van der Waals surface area contributed by atoms with Crippen molar-refractivity contribution in [1.29, 1.82) is 0 Å². The number of likely N-dealkylation sites (N-methyl/N-ethyl adjacent to an activating group) is 1. The maximum atomic E-state index is 5.63. The van der Waals surface area contributed by atoms with Crippen molar-refractivity contribution in [3.63, 3.8) is 0 Å². The van der Waals surface area contributed by atoms with Gasteiger partial charge >= 0.3 is 8.56 Å². The summed E-state index contributed by atoms with van der Waals surface area (Å²) in [5, 5.41) is 0. The quantitative estimate of drug-likeness (QED) is 0.475. The molecule has 0 N–H and O–H groups in total. The molecule has 0 amide bonds. The van der Waals surface area contributed by atoms with Gasteiger partial charge in [-0.1, -0.05) is 20.8 Å². The van der Waals surface area contributed by atoms with Gasteiger partial charge in [-0.15, -0.1) is 0 Å². The molecule has 0 saturated heterocycles. The molecular formula is C16H40N2O2Si2. The van der Waals surface area contributed by atoms with E-state index in [0.717, 1.165) is 12.6 Å². The summed E-state index contributed by atoms with van der Waals surface area (Å²) in [6, 6.07) is 5.16. The number of hydrogen-bond acceptors (Lipinski definition) is 4. The molecule has 6 heteroatoms. The molecular weight excluding hydrogens is 308 g/mol. The first kappa shape index (κ1) is 22.3. The van der Waals surface area contributed by atoms with Crippen LogP contribution in [0.1, 0.15) is 27.2 Å². The van der Waals surface area contributed by atoms with E-state index in [1.54, 1.807) is 14.2 Å². The fourth-order valence-corrected chi connectivity index (χ4v) is 8.63. The average molecular weight is 349 g/mol. The first-order valence-corrected chi connectivity index (χ1v) is 13.9. The topological polar surface area (TPSA) is 24.9 Å². The third-order valence-electron chi connectivity index (χ3n) is 5.38. The van der Waals surface area contributed by atoms with Gasteiger partial charge in [0.05, 0.1) is 0 Å². The van der Waals surface area contributed by atoms with E-state index < -0.39 is 16.8 Å². The molecule has 0 radical (unpaired) electrons. The maximum absolute atomic E-state index is 5.63. The Morgan fingerprint density at radius 2 is 1.32 bits per heavy atom. The Bertz CT molecular complexity index is 275. The van der Waals surface area contributed by atoms with Gasteiger partial charge in [-0.3, -0.25) is 0 Å². The second-order valence-corrected chi connectivity index (χ2v) is 15.5. The van der Waals surface area contributed by atoms with Crippen LogP contribution in [0.2, 0.25) is 30.7 Å². The van der Waals surface area contributed by atoms with E-state index in [4.69, 9.17) is 8.85 Å². The van der Waals surface area contributed by atoms with Gasteiger partial charge in [-0.05, 0) is 57.8 Å². The summed E-state index contributed by atoms with van der Waals surface area (Å²) in [5.41, 5.74) is 0. The van der Waals surface area contributed by atoms with Crippen LogP contribution in [-0.4, -0.2) is 74.2 Å². The van der Waals surface area contributed by atoms with Crippen LogP contribution < -0.4 is 0 Å². The highest BCUT2D eigenvalue weighted by Crippen LogP contribution is 2.26. The number of hydrogen-bond donors (Lipinski definition) is 0. The monoisotopic (exact) mass is 348 g/mol. The lowest BCUT2D eigenvalue weighted by Gasteiger charge is -2.42. The molecule has 22 heavy (non-hydrogen) atoms. The van der Waals surface area contributed by atoms with Crippen molar-refractivity contribution in [3.05, 3.63) is 0 Å². The summed E-state index contributed by atoms with van der Waals surface area (Å²) in [6.45, 7) is 12.9. The van der Waals surface area contributed by atoms with Crippen LogP contribution >= 0.6 is 0 Å². The van der Waals surface area contributed by atoms with Crippen molar-refractivity contribution in [3.8, 4) is 0 Å². The fourth-order valence-electron chi connectivity index (χ4n) is 3.21. The molecule has 0 aliphatic heterocycles. The standard InChI is InChI=1S/C16H40N2O2Si2/c1-9-22(10-2,11-3)18(15-14-17(4)5)13-12-16-21(8,19-6)20-7/h9-16H2,1-8H3. The highest BCUT2D eigenvalue weighted by Gasteiger charge is 2.35. The van der Waals surface area contributed by atoms with Crippen molar-refractivity contribution in [2.45, 2.75) is 57.9 Å². The summed E-state index contributed by atoms with van der Waals surface area (Å²) in [4.78, 5) is 2.30. The Labute approximate surface area is 141 Å². The van der Waals surface area contributed by atoms with Gasteiger partial charge in [0.15, 0.2) is 0 Å². The Kier molecular flexibility index (Phi) is 11.1. The van der Waals surface area contributed by atoms with Crippen molar-refractivity contribution < 1.29 is 8.85 Å². The first-order chi connectivity index (χ1) is 10.3. The lowest BCUT2D eigenvalue weighted by atomic mass is 10.4. The third kappa shape index (κ3) is 6.80. The van der Waals surface area contributed by atoms with Crippen molar-refractivity contribution in [1.82, 2.24) is 9.47 Å². The zero-order chi connectivity index (χ0) is 17.2. The molecule has 0 atom stereocenters. The zero-order valence-electron chi connectivity index (χ0n) is 16.4. The van der Waals surface area contributed by atoms with E-state index in [1.807, 2.05) is 0 Å². The molecule has 0 aromatic carbocycles. The Hall–Kier alpha value is 0.274. The molecule has 0 aromatic rings. The molecule has 0 saturated carbocycles. The van der Waals surface area contributed by atoms with Crippen LogP contribution in [0.25, 0.3) is 0 Å². The number of nitrogens with zero attached hydrogens (tertiary/aromatic N) is 2. The van der Waals surface area contributed by atoms with Gasteiger partial charge in [-0.2, -0.15) is 0 Å². The van der Waals surface area contributed by atoms with Crippen molar-refractivity contribution in [2.24, 2.45) is 0 Å². The SMILES string of the molecule is CC[Si](CC)(CC)N(CCC[Si](C)(OC)OC)CCN(C)C. The van der Waals surface area contributed by atoms with E-state index in [0.29, 0.717) is 0 Å². The Morgan fingerprint density at radius 1 is 0.818 bits per heavy atom. The molecule has 0 aliphatic carbocycles. The summed E-state index contributed by atoms with van der Waals surface area (Å²) in [5.74, 6) is 0. The molecule has 0 unspecified atom stereocenters. The molecule has 0 aromatic heterocycles. The largest absolute Gasteiger partial charge is 0.398 e. The van der Waals surface area contributed by atoms with Crippen LogP contribution in [0.15, 0.2) is 0 Å². The predicted octanol–water partition coefficient (Wildman–Crippen LogP) is 3.61. The summed E-state index contributed by atoms with van der Waals surface area (Å²) >= 11 is 0. The van der Waals surface area contributed by atoms with Crippen LogP contribution in [0.4, 0.5) is 0 Å². The van der Waals surface area contributed by atoms with Gasteiger partial charge < -0.3 is 18.3 Å². The van der Waals surface area contributed by atoms with Gasteiger partial charge in [0.2, 0.25) is 0 Å². The second kappa shape index (κ2) is 10.9. The zero-order valence-corrected chi connectivity index (χ0v) is 18.4. The van der Waals surface area contributed by atoms with Gasteiger partial charge in [0, 0.05) is 27.3 Å². The molecule has 0 bridgehead atoms. The maximum Gasteiger partial charge on any atom is 0.334 e. The van der Waals surface area contributed by atoms with Gasteiger partial charge in [0.25, 0.3) is 0 Å². The fraction of sp³-hybridized carbons (Fsp3) is 1.00. The lowest BCUT2D eigenvalue weighted by molar-refractivity contribution is 0.245. The minimum Gasteiger partial charge on any atom is -0.398 e. The van der Waals surface area contributed by atoms with Crippen LogP contribution in [-0.2, 0) is 8.85 Å². The molecule has 4 nitrogen and oxygen atoms in total. The lowest BCUT2D eigenvalue weighted by Crippen LogP contribution is -2.54. The molecule has 0 heterocycles. The number of rotatable bonds is 13. The minimum atomic E-state index is -1.92. The highest BCUT2D eigenvalue weighted by atomic mass is 28.4. The van der Waals surface area contributed by atoms with E-state index in [2.05, 4.69) is 50.9 Å². The van der Waals surface area contributed by atoms with E-state index in [-0.39, 0.29) is 0 Å². The highest BCUT2D eigenvalue weighted by molar-refractivity contribution is 6.77. The van der Waals surface area contributed by atoms with Gasteiger partial charge in [-0.25, -0.2) is 0 Å². The smallest absolute Gasteiger partial charge is 0.334 e. The van der Waals surface area contributed by atoms with Crippen molar-refractivity contribution in [2.75, 3.05) is 47.9 Å². The molecule has 134 valence electrons. The summed E-state index contributed by atoms with van der Waals surface area (Å²) in [7, 11) is 4.72. The van der Waals surface area contributed by atoms with E-state index >= 15 is 0 Å². The molecule has 0 spiro atoms. The van der Waals surface area contributed by atoms with Gasteiger partial charge in [0.1, 0.15) is 8.24 Å². The molecule has 0 fully saturated rings. The Morgan fingerprint density at radius 3 is 1.68 bits per heavy atom. The molecule has 0 aliphatic rings. The normalized spacial score (nSPS) is 13.4. The van der Waals surface area contributed by atoms with E-state index in [9.17, 15) is 0 Å². The van der Waals surface area contributed by atoms with Crippen molar-refractivity contribution >= 4 is 16.8 Å². The molecule has 0 rings (SSSR count). The summed E-state index contributed by atoms with van der Waals surface area (Å²) in [6.07, 6.45) is 1.19. The van der Waals surface area contributed by atoms with Crippen LogP contribution in [0.3, 0.4) is 0 Å².